The molecule has 0 unspecified atom stereocenters. The molecule has 9 nitrogen and oxygen atoms in total. The molecular formula is C31H37Cl3N6O3. The minimum Gasteiger partial charge on any atom is -0.444 e. The third kappa shape index (κ3) is 7.28. The minimum atomic E-state index is -0.539. The van der Waals surface area contributed by atoms with E-state index in [-0.39, 0.29) is 24.1 Å². The number of carbonyl (C=O) groups is 2. The number of amides is 2. The van der Waals surface area contributed by atoms with Crippen LogP contribution < -0.4 is 0 Å². The Morgan fingerprint density at radius 1 is 1.00 bits per heavy atom. The minimum absolute atomic E-state index is 0.113. The highest BCUT2D eigenvalue weighted by Gasteiger charge is 2.33. The molecule has 1 fully saturated rings. The zero-order valence-electron chi connectivity index (χ0n) is 25.1. The van der Waals surface area contributed by atoms with E-state index in [1.54, 1.807) is 21.7 Å². The molecule has 3 heterocycles. The first-order valence-corrected chi connectivity index (χ1v) is 15.6. The van der Waals surface area contributed by atoms with E-state index < -0.39 is 5.60 Å². The molecule has 0 spiro atoms. The van der Waals surface area contributed by atoms with E-state index in [1.165, 1.54) is 5.56 Å². The number of aromatic nitrogens is 3. The molecule has 2 aliphatic rings. The number of nitrogens with zero attached hydrogens (tertiary/aromatic N) is 6. The summed E-state index contributed by atoms with van der Waals surface area (Å²) in [4.78, 5) is 32.2. The molecule has 0 aliphatic carbocycles. The highest BCUT2D eigenvalue weighted by Crippen LogP contribution is 2.31. The Balaban J connectivity index is 1.21. The van der Waals surface area contributed by atoms with Crippen LogP contribution in [0.2, 0.25) is 15.1 Å². The summed E-state index contributed by atoms with van der Waals surface area (Å²) >= 11 is 18.6. The van der Waals surface area contributed by atoms with Crippen LogP contribution >= 0.6 is 34.8 Å². The molecule has 230 valence electrons. The van der Waals surface area contributed by atoms with Crippen molar-refractivity contribution < 1.29 is 14.3 Å². The Morgan fingerprint density at radius 3 is 2.40 bits per heavy atom. The molecule has 12 heteroatoms. The summed E-state index contributed by atoms with van der Waals surface area (Å²) in [5.74, 6) is 0.113. The normalized spacial score (nSPS) is 19.3. The number of carbonyl (C=O) groups excluding carboxylic acids is 2. The van der Waals surface area contributed by atoms with Crippen molar-refractivity contribution >= 4 is 46.8 Å². The Labute approximate surface area is 267 Å². The molecule has 1 aromatic heterocycles. The zero-order valence-corrected chi connectivity index (χ0v) is 27.4. The number of benzene rings is 2. The van der Waals surface area contributed by atoms with Gasteiger partial charge in [0.2, 0.25) is 5.91 Å². The SMILES string of the molecule is C[C@@H]1CN(C(=O)Cc2cccc3c2CCN(C(=O)OC(C)(C)C)C3)C[C@H](C)N1Cc1cn(-c2cc(Cl)c(Cl)cc2Cl)nn1. The Hall–Kier alpha value is -2.85. The van der Waals surface area contributed by atoms with Gasteiger partial charge in [0.15, 0.2) is 0 Å². The van der Waals surface area contributed by atoms with Crippen LogP contribution in [0.3, 0.4) is 0 Å². The lowest BCUT2D eigenvalue weighted by Crippen LogP contribution is -2.57. The Kier molecular flexibility index (Phi) is 9.28. The van der Waals surface area contributed by atoms with Crippen LogP contribution in [0.15, 0.2) is 36.5 Å². The lowest BCUT2D eigenvalue weighted by molar-refractivity contribution is -0.135. The molecule has 2 atom stereocenters. The van der Waals surface area contributed by atoms with Crippen molar-refractivity contribution in [3.8, 4) is 5.69 Å². The fraction of sp³-hybridized carbons (Fsp3) is 0.484. The van der Waals surface area contributed by atoms with Crippen LogP contribution in [0.25, 0.3) is 5.69 Å². The maximum atomic E-state index is 13.5. The van der Waals surface area contributed by atoms with Crippen LogP contribution in [0.4, 0.5) is 4.79 Å². The summed E-state index contributed by atoms with van der Waals surface area (Å²) in [6.45, 7) is 12.8. The highest BCUT2D eigenvalue weighted by molar-refractivity contribution is 6.43. The fourth-order valence-electron chi connectivity index (χ4n) is 5.85. The molecule has 2 aromatic carbocycles. The average Bonchev–Trinajstić information content (AvgIpc) is 3.40. The Morgan fingerprint density at radius 2 is 1.70 bits per heavy atom. The van der Waals surface area contributed by atoms with Crippen LogP contribution in [0, 0.1) is 0 Å². The van der Waals surface area contributed by atoms with Crippen molar-refractivity contribution in [2.75, 3.05) is 19.6 Å². The van der Waals surface area contributed by atoms with Gasteiger partial charge in [0, 0.05) is 44.8 Å². The summed E-state index contributed by atoms with van der Waals surface area (Å²) in [5.41, 5.74) is 4.13. The van der Waals surface area contributed by atoms with Crippen molar-refractivity contribution in [3.05, 3.63) is 74.0 Å². The van der Waals surface area contributed by atoms with Crippen molar-refractivity contribution in [1.29, 1.82) is 0 Å². The van der Waals surface area contributed by atoms with Gasteiger partial charge in [-0.05, 0) is 69.9 Å². The first kappa shape index (κ1) is 31.6. The molecule has 1 saturated heterocycles. The third-order valence-corrected chi connectivity index (χ3v) is 8.96. The van der Waals surface area contributed by atoms with Crippen LogP contribution in [0.5, 0.6) is 0 Å². The van der Waals surface area contributed by atoms with Gasteiger partial charge in [0.1, 0.15) is 5.60 Å². The lowest BCUT2D eigenvalue weighted by Gasteiger charge is -2.44. The molecule has 0 saturated carbocycles. The van der Waals surface area contributed by atoms with Gasteiger partial charge in [-0.2, -0.15) is 0 Å². The predicted molar refractivity (Wildman–Crippen MR) is 168 cm³/mol. The van der Waals surface area contributed by atoms with Gasteiger partial charge < -0.3 is 14.5 Å². The summed E-state index contributed by atoms with van der Waals surface area (Å²) in [6.07, 6.45) is 2.58. The first-order valence-electron chi connectivity index (χ1n) is 14.5. The Bertz CT molecular complexity index is 1510. The number of rotatable bonds is 5. The van der Waals surface area contributed by atoms with Crippen molar-refractivity contribution in [2.24, 2.45) is 0 Å². The molecule has 2 amide bonds. The van der Waals surface area contributed by atoms with E-state index >= 15 is 0 Å². The van der Waals surface area contributed by atoms with Crippen molar-refractivity contribution in [1.82, 2.24) is 29.7 Å². The quantitative estimate of drug-likeness (QED) is 0.308. The summed E-state index contributed by atoms with van der Waals surface area (Å²) in [6, 6.07) is 9.55. The van der Waals surface area contributed by atoms with Crippen LogP contribution in [-0.4, -0.2) is 79.0 Å². The number of halogens is 3. The highest BCUT2D eigenvalue weighted by atomic mass is 35.5. The van der Waals surface area contributed by atoms with E-state index in [9.17, 15) is 9.59 Å². The monoisotopic (exact) mass is 646 g/mol. The van der Waals surface area contributed by atoms with Crippen molar-refractivity contribution in [3.63, 3.8) is 0 Å². The molecule has 3 aromatic rings. The molecule has 5 rings (SSSR count). The smallest absolute Gasteiger partial charge is 0.410 e. The second-order valence-corrected chi connectivity index (χ2v) is 13.6. The first-order chi connectivity index (χ1) is 20.3. The van der Waals surface area contributed by atoms with E-state index in [0.29, 0.717) is 66.3 Å². The van der Waals surface area contributed by atoms with E-state index in [1.807, 2.05) is 50.1 Å². The fourth-order valence-corrected chi connectivity index (χ4v) is 6.47. The van der Waals surface area contributed by atoms with Gasteiger partial charge in [-0.1, -0.05) is 58.2 Å². The lowest BCUT2D eigenvalue weighted by atomic mass is 9.92. The van der Waals surface area contributed by atoms with Gasteiger partial charge >= 0.3 is 6.09 Å². The number of hydrogen-bond donors (Lipinski definition) is 0. The maximum Gasteiger partial charge on any atom is 0.410 e. The van der Waals surface area contributed by atoms with E-state index in [0.717, 1.165) is 16.8 Å². The summed E-state index contributed by atoms with van der Waals surface area (Å²) in [7, 11) is 0. The van der Waals surface area contributed by atoms with Crippen LogP contribution in [-0.2, 0) is 35.5 Å². The number of hydrogen-bond acceptors (Lipinski definition) is 6. The summed E-state index contributed by atoms with van der Waals surface area (Å²) < 4.78 is 7.17. The molecule has 0 N–H and O–H groups in total. The molecule has 0 radical (unpaired) electrons. The van der Waals surface area contributed by atoms with Gasteiger partial charge in [-0.15, -0.1) is 5.10 Å². The number of fused-ring (bicyclic) bond motifs is 1. The number of piperazine rings is 1. The molecule has 2 aliphatic heterocycles. The predicted octanol–water partition coefficient (Wildman–Crippen LogP) is 6.18. The van der Waals surface area contributed by atoms with Gasteiger partial charge in [-0.3, -0.25) is 9.69 Å². The summed E-state index contributed by atoms with van der Waals surface area (Å²) in [5, 5.41) is 9.80. The average molecular weight is 648 g/mol. The van der Waals surface area contributed by atoms with E-state index in [4.69, 9.17) is 39.5 Å². The largest absolute Gasteiger partial charge is 0.444 e. The van der Waals surface area contributed by atoms with Crippen LogP contribution in [0.1, 0.15) is 57.0 Å². The molecular weight excluding hydrogens is 611 g/mol. The van der Waals surface area contributed by atoms with Crippen molar-refractivity contribution in [2.45, 2.75) is 78.2 Å². The molecule has 0 bridgehead atoms. The van der Waals surface area contributed by atoms with Gasteiger partial charge in [0.25, 0.3) is 0 Å². The van der Waals surface area contributed by atoms with Gasteiger partial charge in [0.05, 0.1) is 39.1 Å². The second-order valence-electron chi connectivity index (χ2n) is 12.4. The maximum absolute atomic E-state index is 13.5. The third-order valence-electron chi connectivity index (χ3n) is 7.93. The number of ether oxygens (including phenoxy) is 1. The second kappa shape index (κ2) is 12.6. The van der Waals surface area contributed by atoms with Gasteiger partial charge in [-0.25, -0.2) is 9.48 Å². The topological polar surface area (TPSA) is 83.8 Å². The molecule has 43 heavy (non-hydrogen) atoms. The van der Waals surface area contributed by atoms with E-state index in [2.05, 4.69) is 29.1 Å². The standard InChI is InChI=1S/C31H37Cl3N6O3/c1-19-14-38(15-20(2)39(19)17-23-18-40(36-35-23)28-13-26(33)25(32)12-27(28)34)29(41)11-21-7-6-8-22-16-37(10-9-24(21)22)30(42)43-31(3,4)5/h6-8,12-13,18-20H,9-11,14-17H2,1-5H3/t19-,20+. The zero-order chi connectivity index (χ0) is 31.1.